The maximum atomic E-state index is 5.43. The van der Waals surface area contributed by atoms with Gasteiger partial charge in [0.15, 0.2) is 4.67 Å². The van der Waals surface area contributed by atoms with Gasteiger partial charge in [0.05, 0.1) is 6.54 Å². The van der Waals surface area contributed by atoms with Crippen LogP contribution in [0.15, 0.2) is 21.2 Å². The minimum absolute atomic E-state index is 0.626. The molecule has 90 valence electrons. The summed E-state index contributed by atoms with van der Waals surface area (Å²) < 4.78 is 6.23. The van der Waals surface area contributed by atoms with Gasteiger partial charge in [-0.05, 0) is 60.9 Å². The number of hydrogen-bond acceptors (Lipinski definition) is 3. The van der Waals surface area contributed by atoms with E-state index in [4.69, 9.17) is 4.42 Å². The molecule has 0 aromatic carbocycles. The smallest absolute Gasteiger partial charge is 0.169 e. The molecule has 1 aromatic rings. The van der Waals surface area contributed by atoms with Crippen molar-refractivity contribution in [1.29, 1.82) is 0 Å². The lowest BCUT2D eigenvalue weighted by Crippen LogP contribution is -2.38. The Hall–Kier alpha value is -0.320. The normalized spacial score (nSPS) is 19.1. The van der Waals surface area contributed by atoms with Gasteiger partial charge in [-0.25, -0.2) is 0 Å². The van der Waals surface area contributed by atoms with E-state index >= 15 is 0 Å². The number of hydrogen-bond donors (Lipinski definition) is 1. The van der Waals surface area contributed by atoms with Crippen molar-refractivity contribution in [2.24, 2.45) is 0 Å². The molecule has 0 bridgehead atoms. The fourth-order valence-electron chi connectivity index (χ4n) is 2.16. The van der Waals surface area contributed by atoms with E-state index in [-0.39, 0.29) is 0 Å². The third kappa shape index (κ3) is 3.34. The zero-order chi connectivity index (χ0) is 11.4. The van der Waals surface area contributed by atoms with E-state index in [2.05, 4.69) is 33.1 Å². The monoisotopic (exact) mass is 286 g/mol. The van der Waals surface area contributed by atoms with Crippen LogP contribution in [0, 0.1) is 0 Å². The molecule has 0 radical (unpaired) electrons. The fourth-order valence-corrected chi connectivity index (χ4v) is 2.50. The van der Waals surface area contributed by atoms with Crippen LogP contribution < -0.4 is 5.32 Å². The molecule has 1 aliphatic heterocycles. The van der Waals surface area contributed by atoms with Gasteiger partial charge in [0, 0.05) is 12.6 Å². The third-order valence-electron chi connectivity index (χ3n) is 3.13. The Morgan fingerprint density at radius 3 is 2.81 bits per heavy atom. The lowest BCUT2D eigenvalue weighted by molar-refractivity contribution is 0.250. The SMILES string of the molecule is CC(CNCc1ccc(Br)o1)N1CCCC1. The minimum Gasteiger partial charge on any atom is -0.453 e. The van der Waals surface area contributed by atoms with Crippen molar-refractivity contribution in [3.05, 3.63) is 22.6 Å². The quantitative estimate of drug-likeness (QED) is 0.902. The van der Waals surface area contributed by atoms with Crippen molar-refractivity contribution >= 4 is 15.9 Å². The summed E-state index contributed by atoms with van der Waals surface area (Å²) in [4.78, 5) is 2.55. The van der Waals surface area contributed by atoms with E-state index in [9.17, 15) is 0 Å². The van der Waals surface area contributed by atoms with Crippen molar-refractivity contribution in [2.45, 2.75) is 32.4 Å². The first-order chi connectivity index (χ1) is 7.75. The van der Waals surface area contributed by atoms with Gasteiger partial charge in [-0.2, -0.15) is 0 Å². The van der Waals surface area contributed by atoms with Crippen LogP contribution in [0.2, 0.25) is 0 Å². The Balaban J connectivity index is 1.67. The molecule has 1 saturated heterocycles. The molecule has 0 aliphatic carbocycles. The summed E-state index contributed by atoms with van der Waals surface area (Å²) in [7, 11) is 0. The van der Waals surface area contributed by atoms with Gasteiger partial charge in [0.2, 0.25) is 0 Å². The highest BCUT2D eigenvalue weighted by molar-refractivity contribution is 9.10. The van der Waals surface area contributed by atoms with E-state index < -0.39 is 0 Å². The first-order valence-electron chi connectivity index (χ1n) is 5.94. The Kier molecular flexibility index (Phi) is 4.44. The fraction of sp³-hybridized carbons (Fsp3) is 0.667. The average molecular weight is 287 g/mol. The molecule has 1 aliphatic rings. The summed E-state index contributed by atoms with van der Waals surface area (Å²) in [6.45, 7) is 6.64. The molecular formula is C12H19BrN2O. The summed E-state index contributed by atoms with van der Waals surface area (Å²) in [5.41, 5.74) is 0. The first kappa shape index (κ1) is 12.1. The highest BCUT2D eigenvalue weighted by Gasteiger charge is 2.17. The van der Waals surface area contributed by atoms with Crippen molar-refractivity contribution in [3.63, 3.8) is 0 Å². The van der Waals surface area contributed by atoms with E-state index in [1.54, 1.807) is 0 Å². The highest BCUT2D eigenvalue weighted by Crippen LogP contribution is 2.14. The van der Waals surface area contributed by atoms with Gasteiger partial charge in [-0.3, -0.25) is 4.90 Å². The second-order valence-corrected chi connectivity index (χ2v) is 5.21. The molecule has 1 fully saturated rings. The van der Waals surface area contributed by atoms with Crippen molar-refractivity contribution in [2.75, 3.05) is 19.6 Å². The van der Waals surface area contributed by atoms with Gasteiger partial charge < -0.3 is 9.73 Å². The van der Waals surface area contributed by atoms with Gasteiger partial charge in [0.1, 0.15) is 5.76 Å². The predicted octanol–water partition coefficient (Wildman–Crippen LogP) is 2.62. The van der Waals surface area contributed by atoms with Crippen LogP contribution in [0.1, 0.15) is 25.5 Å². The molecule has 0 amide bonds. The standard InChI is InChI=1S/C12H19BrN2O/c1-10(15-6-2-3-7-15)8-14-9-11-4-5-12(13)16-11/h4-5,10,14H,2-3,6-9H2,1H3. The molecule has 16 heavy (non-hydrogen) atoms. The van der Waals surface area contributed by atoms with Crippen molar-refractivity contribution in [3.8, 4) is 0 Å². The molecule has 1 atom stereocenters. The molecule has 0 saturated carbocycles. The molecule has 3 nitrogen and oxygen atoms in total. The highest BCUT2D eigenvalue weighted by atomic mass is 79.9. The summed E-state index contributed by atoms with van der Waals surface area (Å²) in [5.74, 6) is 0.987. The van der Waals surface area contributed by atoms with E-state index in [0.717, 1.165) is 23.5 Å². The van der Waals surface area contributed by atoms with Gasteiger partial charge in [-0.1, -0.05) is 0 Å². The van der Waals surface area contributed by atoms with Crippen LogP contribution in [-0.4, -0.2) is 30.6 Å². The number of nitrogens with one attached hydrogen (secondary N) is 1. The number of rotatable bonds is 5. The zero-order valence-electron chi connectivity index (χ0n) is 9.71. The predicted molar refractivity (Wildman–Crippen MR) is 68.4 cm³/mol. The maximum absolute atomic E-state index is 5.43. The average Bonchev–Trinajstić information content (AvgIpc) is 2.89. The Bertz CT molecular complexity index is 321. The molecule has 2 rings (SSSR count). The van der Waals surface area contributed by atoms with Crippen LogP contribution in [0.3, 0.4) is 0 Å². The van der Waals surface area contributed by atoms with Gasteiger partial charge >= 0.3 is 0 Å². The summed E-state index contributed by atoms with van der Waals surface area (Å²) >= 11 is 3.30. The first-order valence-corrected chi connectivity index (χ1v) is 6.74. The summed E-state index contributed by atoms with van der Waals surface area (Å²) in [5, 5.41) is 3.44. The van der Waals surface area contributed by atoms with E-state index in [1.807, 2.05) is 12.1 Å². The molecule has 2 heterocycles. The third-order valence-corrected chi connectivity index (χ3v) is 3.56. The van der Waals surface area contributed by atoms with Gasteiger partial charge in [0.25, 0.3) is 0 Å². The second-order valence-electron chi connectivity index (χ2n) is 4.43. The molecule has 1 unspecified atom stereocenters. The van der Waals surface area contributed by atoms with Crippen molar-refractivity contribution < 1.29 is 4.42 Å². The van der Waals surface area contributed by atoms with E-state index in [0.29, 0.717) is 6.04 Å². The lowest BCUT2D eigenvalue weighted by atomic mass is 10.3. The zero-order valence-corrected chi connectivity index (χ0v) is 11.3. The molecule has 0 spiro atoms. The van der Waals surface area contributed by atoms with Crippen LogP contribution in [0.25, 0.3) is 0 Å². The molecular weight excluding hydrogens is 268 g/mol. The molecule has 4 heteroatoms. The number of likely N-dealkylation sites (tertiary alicyclic amines) is 1. The van der Waals surface area contributed by atoms with Crippen LogP contribution in [-0.2, 0) is 6.54 Å². The topological polar surface area (TPSA) is 28.4 Å². The Labute approximate surface area is 105 Å². The molecule has 1 N–H and O–H groups in total. The summed E-state index contributed by atoms with van der Waals surface area (Å²) in [6, 6.07) is 4.55. The second kappa shape index (κ2) is 5.84. The maximum Gasteiger partial charge on any atom is 0.169 e. The van der Waals surface area contributed by atoms with Crippen LogP contribution >= 0.6 is 15.9 Å². The van der Waals surface area contributed by atoms with Crippen LogP contribution in [0.4, 0.5) is 0 Å². The Morgan fingerprint density at radius 1 is 1.44 bits per heavy atom. The minimum atomic E-state index is 0.626. The van der Waals surface area contributed by atoms with E-state index in [1.165, 1.54) is 25.9 Å². The molecule has 1 aromatic heterocycles. The van der Waals surface area contributed by atoms with Crippen molar-refractivity contribution in [1.82, 2.24) is 10.2 Å². The number of halogens is 1. The largest absolute Gasteiger partial charge is 0.453 e. The summed E-state index contributed by atoms with van der Waals surface area (Å²) in [6.07, 6.45) is 2.71. The lowest BCUT2D eigenvalue weighted by Gasteiger charge is -2.23. The Morgan fingerprint density at radius 2 is 2.19 bits per heavy atom. The van der Waals surface area contributed by atoms with Crippen LogP contribution in [0.5, 0.6) is 0 Å². The van der Waals surface area contributed by atoms with Gasteiger partial charge in [-0.15, -0.1) is 0 Å². The number of nitrogens with zero attached hydrogens (tertiary/aromatic N) is 1. The number of furan rings is 1.